The fraction of sp³-hybridized carbons (Fsp3) is 0.438. The highest BCUT2D eigenvalue weighted by atomic mass is 35.5. The van der Waals surface area contributed by atoms with Crippen molar-refractivity contribution in [2.75, 3.05) is 0 Å². The highest BCUT2D eigenvalue weighted by Crippen LogP contribution is 2.20. The molecule has 0 bridgehead atoms. The molecule has 1 aromatic heterocycles. The average molecular weight is 369 g/mol. The topological polar surface area (TPSA) is 79.8 Å². The molecule has 1 amide bonds. The number of amides is 1. The van der Waals surface area contributed by atoms with Gasteiger partial charge in [-0.2, -0.15) is 0 Å². The van der Waals surface area contributed by atoms with Crippen LogP contribution in [0.25, 0.3) is 0 Å². The molecule has 2 rings (SSSR count). The van der Waals surface area contributed by atoms with Crippen LogP contribution in [-0.2, 0) is 17.9 Å². The van der Waals surface area contributed by atoms with E-state index in [1.807, 2.05) is 12.1 Å². The molecule has 0 radical (unpaired) electrons. The van der Waals surface area contributed by atoms with Crippen molar-refractivity contribution in [1.82, 2.24) is 20.1 Å². The number of H-pyrrole nitrogens is 1. The van der Waals surface area contributed by atoms with Crippen LogP contribution in [0.15, 0.2) is 34.2 Å². The van der Waals surface area contributed by atoms with Crippen molar-refractivity contribution in [3.8, 4) is 0 Å². The van der Waals surface area contributed by atoms with E-state index in [1.165, 1.54) is 11.8 Å². The number of nitrogens with zero attached hydrogens (tertiary/aromatic N) is 2. The quantitative estimate of drug-likeness (QED) is 0.702. The van der Waals surface area contributed by atoms with Gasteiger partial charge in [0.1, 0.15) is 0 Å². The Morgan fingerprint density at radius 2 is 2.12 bits per heavy atom. The summed E-state index contributed by atoms with van der Waals surface area (Å²) < 4.78 is 1.58. The first-order valence-electron chi connectivity index (χ1n) is 7.85. The number of hydrogen-bond acceptors (Lipinski definition) is 4. The van der Waals surface area contributed by atoms with Gasteiger partial charge in [-0.15, -0.1) is 5.10 Å². The Balaban J connectivity index is 1.91. The monoisotopic (exact) mass is 368 g/mol. The zero-order valence-electron chi connectivity index (χ0n) is 13.7. The smallest absolute Gasteiger partial charge is 0.343 e. The fourth-order valence-corrected chi connectivity index (χ4v) is 3.09. The van der Waals surface area contributed by atoms with E-state index >= 15 is 0 Å². The van der Waals surface area contributed by atoms with E-state index in [1.54, 1.807) is 23.6 Å². The second kappa shape index (κ2) is 8.94. The minimum absolute atomic E-state index is 0.104. The lowest BCUT2D eigenvalue weighted by Crippen LogP contribution is -2.30. The SMILES string of the molecule is CCCCn1c(SC(C)C(=O)NCc2ccc(Cl)cc2)n[nH]c1=O. The summed E-state index contributed by atoms with van der Waals surface area (Å²) in [6, 6.07) is 7.32. The van der Waals surface area contributed by atoms with Crippen LogP contribution in [0.1, 0.15) is 32.3 Å². The number of thioether (sulfide) groups is 1. The van der Waals surface area contributed by atoms with Crippen molar-refractivity contribution in [1.29, 1.82) is 0 Å². The van der Waals surface area contributed by atoms with Gasteiger partial charge in [-0.3, -0.25) is 9.36 Å². The van der Waals surface area contributed by atoms with Crippen LogP contribution in [0.5, 0.6) is 0 Å². The molecular formula is C16H21ClN4O2S. The summed E-state index contributed by atoms with van der Waals surface area (Å²) in [4.78, 5) is 24.0. The molecule has 130 valence electrons. The number of carbonyl (C=O) groups is 1. The number of rotatable bonds is 8. The van der Waals surface area contributed by atoms with E-state index in [0.717, 1.165) is 18.4 Å². The van der Waals surface area contributed by atoms with Crippen LogP contribution in [0.4, 0.5) is 0 Å². The molecule has 6 nitrogen and oxygen atoms in total. The summed E-state index contributed by atoms with van der Waals surface area (Å²) in [7, 11) is 0. The number of aromatic amines is 1. The summed E-state index contributed by atoms with van der Waals surface area (Å²) in [6.45, 7) is 4.90. The van der Waals surface area contributed by atoms with E-state index in [4.69, 9.17) is 11.6 Å². The maximum absolute atomic E-state index is 12.2. The number of aromatic nitrogens is 3. The zero-order valence-corrected chi connectivity index (χ0v) is 15.3. The summed E-state index contributed by atoms with van der Waals surface area (Å²) in [5.41, 5.74) is 0.740. The number of hydrogen-bond donors (Lipinski definition) is 2. The Bertz CT molecular complexity index is 726. The Labute approximate surface area is 150 Å². The van der Waals surface area contributed by atoms with Crippen LogP contribution in [0, 0.1) is 0 Å². The second-order valence-electron chi connectivity index (χ2n) is 5.42. The lowest BCUT2D eigenvalue weighted by molar-refractivity contribution is -0.120. The van der Waals surface area contributed by atoms with E-state index in [0.29, 0.717) is 23.3 Å². The van der Waals surface area contributed by atoms with Crippen molar-refractivity contribution in [3.63, 3.8) is 0 Å². The highest BCUT2D eigenvalue weighted by Gasteiger charge is 2.18. The molecule has 0 spiro atoms. The molecule has 0 aliphatic heterocycles. The minimum atomic E-state index is -0.354. The van der Waals surface area contributed by atoms with Gasteiger partial charge in [-0.05, 0) is 31.0 Å². The van der Waals surface area contributed by atoms with E-state index in [9.17, 15) is 9.59 Å². The minimum Gasteiger partial charge on any atom is -0.351 e. The molecular weight excluding hydrogens is 348 g/mol. The highest BCUT2D eigenvalue weighted by molar-refractivity contribution is 8.00. The van der Waals surface area contributed by atoms with Gasteiger partial charge in [0.2, 0.25) is 5.91 Å². The number of nitrogens with one attached hydrogen (secondary N) is 2. The summed E-state index contributed by atoms with van der Waals surface area (Å²) in [6.07, 6.45) is 1.88. The first kappa shape index (κ1) is 18.6. The average Bonchev–Trinajstić information content (AvgIpc) is 2.92. The summed E-state index contributed by atoms with van der Waals surface area (Å²) in [5, 5.41) is 10.2. The molecule has 1 unspecified atom stereocenters. The lowest BCUT2D eigenvalue weighted by atomic mass is 10.2. The third-order valence-electron chi connectivity index (χ3n) is 3.49. The second-order valence-corrected chi connectivity index (χ2v) is 7.17. The number of benzene rings is 1. The van der Waals surface area contributed by atoms with Gasteiger partial charge in [-0.25, -0.2) is 9.89 Å². The Morgan fingerprint density at radius 1 is 1.42 bits per heavy atom. The van der Waals surface area contributed by atoms with Crippen molar-refractivity contribution >= 4 is 29.3 Å². The molecule has 0 saturated carbocycles. The third kappa shape index (κ3) is 5.14. The third-order valence-corrected chi connectivity index (χ3v) is 4.83. The molecule has 1 atom stereocenters. The lowest BCUT2D eigenvalue weighted by Gasteiger charge is -2.12. The molecule has 2 N–H and O–H groups in total. The van der Waals surface area contributed by atoms with Gasteiger partial charge in [0.15, 0.2) is 5.16 Å². The summed E-state index contributed by atoms with van der Waals surface area (Å²) >= 11 is 7.11. The van der Waals surface area contributed by atoms with E-state index in [-0.39, 0.29) is 16.8 Å². The van der Waals surface area contributed by atoms with Gasteiger partial charge in [-0.1, -0.05) is 48.8 Å². The molecule has 24 heavy (non-hydrogen) atoms. The molecule has 8 heteroatoms. The summed E-state index contributed by atoms with van der Waals surface area (Å²) in [5.74, 6) is -0.104. The zero-order chi connectivity index (χ0) is 17.5. The predicted octanol–water partition coefficient (Wildman–Crippen LogP) is 2.82. The predicted molar refractivity (Wildman–Crippen MR) is 96.4 cm³/mol. The van der Waals surface area contributed by atoms with Gasteiger partial charge in [0, 0.05) is 18.1 Å². The van der Waals surface area contributed by atoms with Crippen LogP contribution in [-0.4, -0.2) is 25.9 Å². The molecule has 0 saturated heterocycles. The van der Waals surface area contributed by atoms with E-state index < -0.39 is 0 Å². The van der Waals surface area contributed by atoms with Gasteiger partial charge < -0.3 is 5.32 Å². The van der Waals surface area contributed by atoms with Crippen LogP contribution in [0.3, 0.4) is 0 Å². The molecule has 0 aliphatic rings. The van der Waals surface area contributed by atoms with Crippen molar-refractivity contribution in [2.24, 2.45) is 0 Å². The van der Waals surface area contributed by atoms with Crippen LogP contribution >= 0.6 is 23.4 Å². The van der Waals surface area contributed by atoms with Crippen molar-refractivity contribution in [2.45, 2.75) is 50.2 Å². The van der Waals surface area contributed by atoms with Gasteiger partial charge >= 0.3 is 5.69 Å². The fourth-order valence-electron chi connectivity index (χ4n) is 2.05. The number of halogens is 1. The van der Waals surface area contributed by atoms with Gasteiger partial charge in [0.05, 0.1) is 5.25 Å². The van der Waals surface area contributed by atoms with Crippen molar-refractivity contribution < 1.29 is 4.79 Å². The Hall–Kier alpha value is -1.73. The maximum atomic E-state index is 12.2. The molecule has 0 fully saturated rings. The largest absolute Gasteiger partial charge is 0.351 e. The van der Waals surface area contributed by atoms with E-state index in [2.05, 4.69) is 22.4 Å². The van der Waals surface area contributed by atoms with Crippen LogP contribution < -0.4 is 11.0 Å². The molecule has 0 aliphatic carbocycles. The number of unbranched alkanes of at least 4 members (excludes halogenated alkanes) is 1. The van der Waals surface area contributed by atoms with Crippen LogP contribution in [0.2, 0.25) is 5.02 Å². The molecule has 1 heterocycles. The molecule has 1 aromatic carbocycles. The van der Waals surface area contributed by atoms with Gasteiger partial charge in [0.25, 0.3) is 0 Å². The first-order valence-corrected chi connectivity index (χ1v) is 9.11. The number of carbonyl (C=O) groups excluding carboxylic acids is 1. The molecule has 2 aromatic rings. The normalized spacial score (nSPS) is 12.1. The Morgan fingerprint density at radius 3 is 2.79 bits per heavy atom. The Kier molecular flexibility index (Phi) is 6.93. The first-order chi connectivity index (χ1) is 11.5. The maximum Gasteiger partial charge on any atom is 0.343 e. The standard InChI is InChI=1S/C16H21ClN4O2S/c1-3-4-9-21-15(23)19-20-16(21)24-11(2)14(22)18-10-12-5-7-13(17)8-6-12/h5-8,11H,3-4,9-10H2,1-2H3,(H,18,22)(H,19,23). The van der Waals surface area contributed by atoms with Crippen molar-refractivity contribution in [3.05, 3.63) is 45.3 Å².